The van der Waals surface area contributed by atoms with E-state index < -0.39 is 9.05 Å². The zero-order valence-corrected chi connectivity index (χ0v) is 11.5. The van der Waals surface area contributed by atoms with Gasteiger partial charge >= 0.3 is 0 Å². The number of nitrogens with zero attached hydrogens (tertiary/aromatic N) is 1. The molecule has 1 fully saturated rings. The predicted octanol–water partition coefficient (Wildman–Crippen LogP) is 2.24. The summed E-state index contributed by atoms with van der Waals surface area (Å²) in [5.41, 5.74) is 0.493. The van der Waals surface area contributed by atoms with Crippen LogP contribution in [0.5, 0.6) is 0 Å². The molecule has 1 amide bonds. The maximum Gasteiger partial charge on any atom is 0.261 e. The molecule has 1 heterocycles. The number of carbonyl (C=O) groups excluding carboxylic acids is 1. The van der Waals surface area contributed by atoms with Crippen molar-refractivity contribution >= 4 is 25.6 Å². The van der Waals surface area contributed by atoms with Crippen molar-refractivity contribution in [3.8, 4) is 0 Å². The molecule has 0 aromatic heterocycles. The SMILES string of the molecule is CC1CCCN1C(=O)c1ccc(S(=O)(=O)Cl)cc1. The van der Waals surface area contributed by atoms with E-state index in [4.69, 9.17) is 10.7 Å². The molecule has 4 nitrogen and oxygen atoms in total. The van der Waals surface area contributed by atoms with Crippen molar-refractivity contribution in [2.24, 2.45) is 0 Å². The molecule has 1 atom stereocenters. The molecular weight excluding hydrogens is 274 g/mol. The lowest BCUT2D eigenvalue weighted by Gasteiger charge is -2.21. The largest absolute Gasteiger partial charge is 0.336 e. The molecule has 1 aliphatic rings. The summed E-state index contributed by atoms with van der Waals surface area (Å²) in [4.78, 5) is 14.0. The number of amides is 1. The third kappa shape index (κ3) is 2.67. The van der Waals surface area contributed by atoms with Gasteiger partial charge in [-0.05, 0) is 44.0 Å². The molecule has 0 spiro atoms. The lowest BCUT2D eigenvalue weighted by molar-refractivity contribution is 0.0747. The summed E-state index contributed by atoms with van der Waals surface area (Å²) in [7, 11) is 1.49. The van der Waals surface area contributed by atoms with Crippen molar-refractivity contribution in [3.63, 3.8) is 0 Å². The van der Waals surface area contributed by atoms with Crippen LogP contribution in [0.15, 0.2) is 29.2 Å². The zero-order valence-electron chi connectivity index (χ0n) is 9.97. The summed E-state index contributed by atoms with van der Waals surface area (Å²) in [6.07, 6.45) is 2.03. The van der Waals surface area contributed by atoms with Crippen LogP contribution >= 0.6 is 10.7 Å². The van der Waals surface area contributed by atoms with Crippen LogP contribution in [-0.4, -0.2) is 31.8 Å². The van der Waals surface area contributed by atoms with Gasteiger partial charge in [0.15, 0.2) is 0 Å². The van der Waals surface area contributed by atoms with Gasteiger partial charge < -0.3 is 4.90 Å². The molecule has 6 heteroatoms. The maximum absolute atomic E-state index is 12.2. The number of hydrogen-bond acceptors (Lipinski definition) is 3. The van der Waals surface area contributed by atoms with Gasteiger partial charge in [-0.15, -0.1) is 0 Å². The smallest absolute Gasteiger partial charge is 0.261 e. The molecule has 2 rings (SSSR count). The van der Waals surface area contributed by atoms with Gasteiger partial charge in [0.2, 0.25) is 0 Å². The highest BCUT2D eigenvalue weighted by Gasteiger charge is 2.26. The van der Waals surface area contributed by atoms with E-state index in [1.807, 2.05) is 11.8 Å². The summed E-state index contributed by atoms with van der Waals surface area (Å²) >= 11 is 0. The second kappa shape index (κ2) is 4.90. The Bertz CT molecular complexity index is 553. The highest BCUT2D eigenvalue weighted by molar-refractivity contribution is 8.13. The average Bonchev–Trinajstić information content (AvgIpc) is 2.73. The summed E-state index contributed by atoms with van der Waals surface area (Å²) in [6, 6.07) is 5.96. The minimum Gasteiger partial charge on any atom is -0.336 e. The average molecular weight is 288 g/mol. The number of rotatable bonds is 2. The Morgan fingerprint density at radius 3 is 2.39 bits per heavy atom. The Morgan fingerprint density at radius 1 is 1.33 bits per heavy atom. The Kier molecular flexibility index (Phi) is 3.64. The van der Waals surface area contributed by atoms with E-state index in [0.717, 1.165) is 19.4 Å². The maximum atomic E-state index is 12.2. The van der Waals surface area contributed by atoms with Gasteiger partial charge in [0.25, 0.3) is 15.0 Å². The van der Waals surface area contributed by atoms with Gasteiger partial charge in [-0.3, -0.25) is 4.79 Å². The third-order valence-corrected chi connectivity index (χ3v) is 4.57. The molecule has 1 aromatic carbocycles. The summed E-state index contributed by atoms with van der Waals surface area (Å²) in [5.74, 6) is -0.0569. The second-order valence-electron chi connectivity index (χ2n) is 4.45. The predicted molar refractivity (Wildman–Crippen MR) is 69.2 cm³/mol. The van der Waals surface area contributed by atoms with Gasteiger partial charge in [-0.25, -0.2) is 8.42 Å². The normalized spacial score (nSPS) is 20.1. The highest BCUT2D eigenvalue weighted by Crippen LogP contribution is 2.21. The molecule has 0 radical (unpaired) electrons. The van der Waals surface area contributed by atoms with Crippen LogP contribution in [0.3, 0.4) is 0 Å². The van der Waals surface area contributed by atoms with Crippen LogP contribution in [0.2, 0.25) is 0 Å². The Balaban J connectivity index is 2.22. The molecular formula is C12H14ClNO3S. The first kappa shape index (κ1) is 13.4. The fourth-order valence-corrected chi connectivity index (χ4v) is 2.93. The van der Waals surface area contributed by atoms with E-state index in [9.17, 15) is 13.2 Å². The number of likely N-dealkylation sites (tertiary alicyclic amines) is 1. The summed E-state index contributed by atoms with van der Waals surface area (Å²) in [5, 5.41) is 0. The fraction of sp³-hybridized carbons (Fsp3) is 0.417. The summed E-state index contributed by atoms with van der Waals surface area (Å²) < 4.78 is 22.2. The van der Waals surface area contributed by atoms with Crippen molar-refractivity contribution in [2.45, 2.75) is 30.7 Å². The van der Waals surface area contributed by atoms with Crippen LogP contribution in [0.25, 0.3) is 0 Å². The Morgan fingerprint density at radius 2 is 1.94 bits per heavy atom. The topological polar surface area (TPSA) is 54.5 Å². The van der Waals surface area contributed by atoms with Gasteiger partial charge in [-0.2, -0.15) is 0 Å². The molecule has 0 aliphatic carbocycles. The Hall–Kier alpha value is -1.07. The quantitative estimate of drug-likeness (QED) is 0.784. The van der Waals surface area contributed by atoms with Crippen LogP contribution in [0.1, 0.15) is 30.1 Å². The van der Waals surface area contributed by atoms with Crippen molar-refractivity contribution in [1.29, 1.82) is 0 Å². The Labute approximate surface area is 111 Å². The van der Waals surface area contributed by atoms with E-state index in [2.05, 4.69) is 0 Å². The fourth-order valence-electron chi connectivity index (χ4n) is 2.16. The van der Waals surface area contributed by atoms with Crippen molar-refractivity contribution in [3.05, 3.63) is 29.8 Å². The number of halogens is 1. The van der Waals surface area contributed by atoms with E-state index >= 15 is 0 Å². The van der Waals surface area contributed by atoms with E-state index in [1.54, 1.807) is 0 Å². The lowest BCUT2D eigenvalue weighted by Crippen LogP contribution is -2.33. The van der Waals surface area contributed by atoms with Gasteiger partial charge in [-0.1, -0.05) is 0 Å². The van der Waals surface area contributed by atoms with Gasteiger partial charge in [0.05, 0.1) is 4.90 Å². The van der Waals surface area contributed by atoms with Crippen molar-refractivity contribution in [1.82, 2.24) is 4.90 Å². The van der Waals surface area contributed by atoms with Crippen LogP contribution < -0.4 is 0 Å². The molecule has 0 saturated carbocycles. The first-order valence-corrected chi connectivity index (χ1v) is 8.06. The minimum atomic E-state index is -3.73. The van der Waals surface area contributed by atoms with Crippen LogP contribution in [0.4, 0.5) is 0 Å². The lowest BCUT2D eigenvalue weighted by atomic mass is 10.2. The van der Waals surface area contributed by atoms with Crippen LogP contribution in [0, 0.1) is 0 Å². The monoisotopic (exact) mass is 287 g/mol. The van der Waals surface area contributed by atoms with Gasteiger partial charge in [0.1, 0.15) is 0 Å². The standard InChI is InChI=1S/C12H14ClNO3S/c1-9-3-2-8-14(9)12(15)10-4-6-11(7-5-10)18(13,16)17/h4-7,9H,2-3,8H2,1H3. The number of carbonyl (C=O) groups is 1. The van der Waals surface area contributed by atoms with E-state index in [0.29, 0.717) is 5.56 Å². The summed E-state index contributed by atoms with van der Waals surface area (Å²) in [6.45, 7) is 2.78. The van der Waals surface area contributed by atoms with Crippen LogP contribution in [-0.2, 0) is 9.05 Å². The first-order chi connectivity index (χ1) is 8.39. The molecule has 1 aliphatic heterocycles. The molecule has 1 saturated heterocycles. The number of benzene rings is 1. The highest BCUT2D eigenvalue weighted by atomic mass is 35.7. The molecule has 0 bridgehead atoms. The van der Waals surface area contributed by atoms with Crippen molar-refractivity contribution < 1.29 is 13.2 Å². The van der Waals surface area contributed by atoms with E-state index in [1.165, 1.54) is 24.3 Å². The molecule has 1 aromatic rings. The minimum absolute atomic E-state index is 0.00943. The molecule has 0 N–H and O–H groups in total. The number of hydrogen-bond donors (Lipinski definition) is 0. The third-order valence-electron chi connectivity index (χ3n) is 3.20. The van der Waals surface area contributed by atoms with E-state index in [-0.39, 0.29) is 16.8 Å². The molecule has 1 unspecified atom stereocenters. The molecule has 18 heavy (non-hydrogen) atoms. The van der Waals surface area contributed by atoms with Crippen molar-refractivity contribution in [2.75, 3.05) is 6.54 Å². The van der Waals surface area contributed by atoms with Gasteiger partial charge in [0, 0.05) is 28.8 Å². The zero-order chi connectivity index (χ0) is 13.3. The second-order valence-corrected chi connectivity index (χ2v) is 7.02. The first-order valence-electron chi connectivity index (χ1n) is 5.75. The molecule has 98 valence electrons.